The van der Waals surface area contributed by atoms with E-state index in [9.17, 15) is 14.7 Å². The van der Waals surface area contributed by atoms with Crippen LogP contribution in [0.15, 0.2) is 59.5 Å². The molecular formula is C26H21ClN2O4S2. The number of halogens is 1. The van der Waals surface area contributed by atoms with Crippen LogP contribution in [-0.4, -0.2) is 27.9 Å². The first-order valence-corrected chi connectivity index (χ1v) is 13.0. The summed E-state index contributed by atoms with van der Waals surface area (Å²) in [5.41, 5.74) is 1.96. The lowest BCUT2D eigenvalue weighted by molar-refractivity contribution is -0.132. The summed E-state index contributed by atoms with van der Waals surface area (Å²) in [6, 6.07) is 13.4. The number of nitrogens with zero attached hydrogens (tertiary/aromatic N) is 2. The van der Waals surface area contributed by atoms with Crippen LogP contribution in [0.2, 0.25) is 5.02 Å². The van der Waals surface area contributed by atoms with Gasteiger partial charge in [0.15, 0.2) is 5.13 Å². The lowest BCUT2D eigenvalue weighted by Crippen LogP contribution is -2.28. The number of Topliss-reactive ketones (excluding diaryl/α,β-unsaturated/α-hetero) is 1. The molecule has 1 unspecified atom stereocenters. The summed E-state index contributed by atoms with van der Waals surface area (Å²) in [6.07, 6.45) is 0.000917. The van der Waals surface area contributed by atoms with Gasteiger partial charge in [-0.05, 0) is 74.2 Å². The summed E-state index contributed by atoms with van der Waals surface area (Å²) >= 11 is 8.81. The number of aliphatic hydroxyl groups excluding tert-OH is 1. The molecule has 6 nitrogen and oxygen atoms in total. The van der Waals surface area contributed by atoms with Crippen LogP contribution in [0.4, 0.5) is 5.13 Å². The van der Waals surface area contributed by atoms with E-state index >= 15 is 0 Å². The quantitative estimate of drug-likeness (QED) is 0.178. The number of thiazole rings is 1. The molecule has 5 rings (SSSR count). The molecule has 1 N–H and O–H groups in total. The highest BCUT2D eigenvalue weighted by Crippen LogP contribution is 2.45. The molecule has 35 heavy (non-hydrogen) atoms. The molecule has 0 bridgehead atoms. The van der Waals surface area contributed by atoms with Crippen LogP contribution in [0.3, 0.4) is 0 Å². The van der Waals surface area contributed by atoms with Crippen LogP contribution in [-0.2, 0) is 9.59 Å². The third-order valence-corrected chi connectivity index (χ3v) is 7.79. The largest absolute Gasteiger partial charge is 0.507 e. The van der Waals surface area contributed by atoms with Crippen molar-refractivity contribution in [3.05, 3.63) is 80.5 Å². The van der Waals surface area contributed by atoms with Gasteiger partial charge in [0.05, 0.1) is 21.9 Å². The number of ether oxygens (including phenoxy) is 1. The number of aliphatic hydroxyl groups is 1. The Hall–Kier alpha value is -3.20. The Kier molecular flexibility index (Phi) is 6.13. The molecule has 1 fully saturated rings. The number of anilines is 1. The molecule has 4 aromatic rings. The van der Waals surface area contributed by atoms with Gasteiger partial charge in [-0.15, -0.1) is 11.3 Å². The first-order valence-electron chi connectivity index (χ1n) is 10.9. The molecule has 1 atom stereocenters. The van der Waals surface area contributed by atoms with Crippen molar-refractivity contribution >= 4 is 67.1 Å². The van der Waals surface area contributed by atoms with Gasteiger partial charge in [-0.25, -0.2) is 4.98 Å². The fourth-order valence-electron chi connectivity index (χ4n) is 4.07. The maximum absolute atomic E-state index is 13.3. The molecule has 2 aromatic heterocycles. The van der Waals surface area contributed by atoms with Crippen LogP contribution in [0.25, 0.3) is 16.0 Å². The number of hydrogen-bond acceptors (Lipinski definition) is 7. The van der Waals surface area contributed by atoms with E-state index in [1.54, 1.807) is 36.4 Å². The van der Waals surface area contributed by atoms with Crippen molar-refractivity contribution in [3.63, 3.8) is 0 Å². The minimum Gasteiger partial charge on any atom is -0.507 e. The maximum atomic E-state index is 13.3. The fourth-order valence-corrected chi connectivity index (χ4v) is 6.17. The molecule has 9 heteroatoms. The van der Waals surface area contributed by atoms with Gasteiger partial charge in [0, 0.05) is 15.5 Å². The van der Waals surface area contributed by atoms with Gasteiger partial charge in [0.1, 0.15) is 17.6 Å². The minimum absolute atomic E-state index is 0.000917. The fraction of sp³-hybridized carbons (Fsp3) is 0.192. The number of hydrogen-bond donors (Lipinski definition) is 1. The molecule has 3 heterocycles. The number of rotatable bonds is 5. The van der Waals surface area contributed by atoms with Gasteiger partial charge in [0.25, 0.3) is 5.78 Å². The number of fused-ring (bicyclic) bond motifs is 1. The molecule has 1 aliphatic heterocycles. The number of carbonyl (C=O) groups is 2. The summed E-state index contributed by atoms with van der Waals surface area (Å²) < 4.78 is 6.60. The topological polar surface area (TPSA) is 79.7 Å². The smallest absolute Gasteiger partial charge is 0.301 e. The van der Waals surface area contributed by atoms with Gasteiger partial charge in [-0.3, -0.25) is 14.5 Å². The third-order valence-electron chi connectivity index (χ3n) is 5.61. The zero-order chi connectivity index (χ0) is 24.9. The average Bonchev–Trinajstić information content (AvgIpc) is 3.53. The van der Waals surface area contributed by atoms with E-state index in [2.05, 4.69) is 4.98 Å². The van der Waals surface area contributed by atoms with E-state index in [1.807, 2.05) is 38.3 Å². The van der Waals surface area contributed by atoms with E-state index in [4.69, 9.17) is 16.3 Å². The first kappa shape index (κ1) is 23.5. The third kappa shape index (κ3) is 4.22. The number of ketones is 1. The highest BCUT2D eigenvalue weighted by Gasteiger charge is 2.48. The van der Waals surface area contributed by atoms with Crippen LogP contribution < -0.4 is 9.64 Å². The number of benzene rings is 2. The average molecular weight is 525 g/mol. The van der Waals surface area contributed by atoms with E-state index in [1.165, 1.54) is 27.6 Å². The molecule has 0 spiro atoms. The van der Waals surface area contributed by atoms with Crippen molar-refractivity contribution in [1.29, 1.82) is 0 Å². The van der Waals surface area contributed by atoms with Crippen molar-refractivity contribution in [1.82, 2.24) is 4.98 Å². The molecule has 1 aliphatic rings. The predicted molar refractivity (Wildman–Crippen MR) is 141 cm³/mol. The standard InChI is InChI=1S/C26H21ClN2O4S2/c1-13(2)33-18-9-6-15(11-14(18)3)23(30)21-22(19-5-4-10-34-19)29(25(32)24(21)31)26-28-17-8-7-16(27)12-20(17)35-26/h4-13,22,30H,1-3H3/b23-21+. The monoisotopic (exact) mass is 524 g/mol. The Balaban J connectivity index is 1.65. The second-order valence-corrected chi connectivity index (χ2v) is 10.9. The molecular weight excluding hydrogens is 504 g/mol. The van der Waals surface area contributed by atoms with Crippen molar-refractivity contribution < 1.29 is 19.4 Å². The number of carbonyl (C=O) groups excluding carboxylic acids is 2. The number of thiophene rings is 1. The second-order valence-electron chi connectivity index (χ2n) is 8.44. The van der Waals surface area contributed by atoms with Gasteiger partial charge in [-0.1, -0.05) is 29.0 Å². The summed E-state index contributed by atoms with van der Waals surface area (Å²) in [4.78, 5) is 33.3. The zero-order valence-corrected chi connectivity index (χ0v) is 21.5. The predicted octanol–water partition coefficient (Wildman–Crippen LogP) is 6.73. The van der Waals surface area contributed by atoms with Gasteiger partial charge >= 0.3 is 5.91 Å². The second kappa shape index (κ2) is 9.11. The Morgan fingerprint density at radius 3 is 2.66 bits per heavy atom. The van der Waals surface area contributed by atoms with Crippen LogP contribution in [0.5, 0.6) is 5.75 Å². The summed E-state index contributed by atoms with van der Waals surface area (Å²) in [5.74, 6) is -1.02. The molecule has 0 radical (unpaired) electrons. The summed E-state index contributed by atoms with van der Waals surface area (Å²) in [5, 5.41) is 14.1. The Morgan fingerprint density at radius 1 is 1.17 bits per heavy atom. The zero-order valence-electron chi connectivity index (χ0n) is 19.1. The van der Waals surface area contributed by atoms with Crippen molar-refractivity contribution in [3.8, 4) is 5.75 Å². The number of aryl methyl sites for hydroxylation is 1. The highest BCUT2D eigenvalue weighted by atomic mass is 35.5. The minimum atomic E-state index is -0.794. The lowest BCUT2D eigenvalue weighted by Gasteiger charge is -2.21. The summed E-state index contributed by atoms with van der Waals surface area (Å²) in [6.45, 7) is 5.74. The Morgan fingerprint density at radius 2 is 1.97 bits per heavy atom. The SMILES string of the molecule is Cc1cc(/C(O)=C2\C(=O)C(=O)N(c3nc4ccc(Cl)cc4s3)C2c2cccs2)ccc1OC(C)C. The maximum Gasteiger partial charge on any atom is 0.301 e. The van der Waals surface area contributed by atoms with Gasteiger partial charge < -0.3 is 9.84 Å². The molecule has 178 valence electrons. The van der Waals surface area contributed by atoms with E-state index in [-0.39, 0.29) is 17.4 Å². The molecule has 2 aromatic carbocycles. The van der Waals surface area contributed by atoms with E-state index in [0.717, 1.165) is 15.1 Å². The van der Waals surface area contributed by atoms with Crippen LogP contribution in [0, 0.1) is 6.92 Å². The van der Waals surface area contributed by atoms with Gasteiger partial charge in [0.2, 0.25) is 0 Å². The van der Waals surface area contributed by atoms with Crippen molar-refractivity contribution in [2.75, 3.05) is 4.90 Å². The molecule has 0 aliphatic carbocycles. The Bertz CT molecular complexity index is 1490. The van der Waals surface area contributed by atoms with E-state index in [0.29, 0.717) is 27.0 Å². The first-order chi connectivity index (χ1) is 16.7. The normalized spacial score (nSPS) is 17.6. The van der Waals surface area contributed by atoms with Crippen LogP contribution >= 0.6 is 34.3 Å². The van der Waals surface area contributed by atoms with Crippen LogP contribution in [0.1, 0.15) is 35.9 Å². The van der Waals surface area contributed by atoms with E-state index < -0.39 is 17.7 Å². The Labute approximate surface area is 215 Å². The van der Waals surface area contributed by atoms with Gasteiger partial charge in [-0.2, -0.15) is 0 Å². The summed E-state index contributed by atoms with van der Waals surface area (Å²) in [7, 11) is 0. The molecule has 1 amide bonds. The molecule has 0 saturated carbocycles. The lowest BCUT2D eigenvalue weighted by atomic mass is 9.99. The highest BCUT2D eigenvalue weighted by molar-refractivity contribution is 7.22. The van der Waals surface area contributed by atoms with Crippen molar-refractivity contribution in [2.24, 2.45) is 0 Å². The number of amides is 1. The molecule has 1 saturated heterocycles. The number of aromatic nitrogens is 1. The van der Waals surface area contributed by atoms with Crippen molar-refractivity contribution in [2.45, 2.75) is 32.9 Å².